The second kappa shape index (κ2) is 10.7. The summed E-state index contributed by atoms with van der Waals surface area (Å²) >= 11 is 0. The number of halogens is 1. The lowest BCUT2D eigenvalue weighted by Crippen LogP contribution is -2.43. The smallest absolute Gasteiger partial charge is 0.249 e. The molecule has 7 nitrogen and oxygen atoms in total. The number of carbonyl (C=O) groups is 2. The van der Waals surface area contributed by atoms with E-state index in [2.05, 4.69) is 20.7 Å². The highest BCUT2D eigenvalue weighted by Gasteiger charge is 2.22. The Morgan fingerprint density at radius 1 is 0.886 bits per heavy atom. The Kier molecular flexibility index (Phi) is 7.30. The maximum Gasteiger partial charge on any atom is 0.249 e. The Balaban J connectivity index is 1.49. The number of rotatable bonds is 8. The summed E-state index contributed by atoms with van der Waals surface area (Å²) in [6.07, 6.45) is 0. The molecule has 4 aromatic rings. The summed E-state index contributed by atoms with van der Waals surface area (Å²) in [7, 11) is 0. The van der Waals surface area contributed by atoms with E-state index in [4.69, 9.17) is 0 Å². The van der Waals surface area contributed by atoms with E-state index in [1.807, 2.05) is 60.7 Å². The third-order valence-electron chi connectivity index (χ3n) is 5.63. The van der Waals surface area contributed by atoms with Crippen LogP contribution in [0, 0.1) is 5.82 Å². The van der Waals surface area contributed by atoms with Crippen LogP contribution >= 0.6 is 0 Å². The Hall–Kier alpha value is -4.33. The molecule has 1 aromatic heterocycles. The predicted molar refractivity (Wildman–Crippen MR) is 132 cm³/mol. The number of carbonyl (C=O) groups excluding carboxylic acids is 2. The molecule has 35 heavy (non-hydrogen) atoms. The number of nitrogens with one attached hydrogen (secondary N) is 2. The molecule has 2 atom stereocenters. The molecule has 0 saturated carbocycles. The highest BCUT2D eigenvalue weighted by Crippen LogP contribution is 2.21. The zero-order valence-electron chi connectivity index (χ0n) is 19.5. The Morgan fingerprint density at radius 2 is 1.51 bits per heavy atom. The van der Waals surface area contributed by atoms with E-state index in [1.54, 1.807) is 30.7 Å². The third kappa shape index (κ3) is 5.97. The van der Waals surface area contributed by atoms with Gasteiger partial charge in [-0.3, -0.25) is 14.9 Å². The molecule has 0 fully saturated rings. The van der Waals surface area contributed by atoms with Crippen molar-refractivity contribution in [2.24, 2.45) is 0 Å². The average Bonchev–Trinajstić information content (AvgIpc) is 3.26. The zero-order chi connectivity index (χ0) is 24.8. The summed E-state index contributed by atoms with van der Waals surface area (Å²) < 4.78 is 15.1. The van der Waals surface area contributed by atoms with E-state index in [-0.39, 0.29) is 17.7 Å². The van der Waals surface area contributed by atoms with Crippen LogP contribution in [0.3, 0.4) is 0 Å². The largest absolute Gasteiger partial charge is 0.344 e. The van der Waals surface area contributed by atoms with Gasteiger partial charge in [-0.2, -0.15) is 4.98 Å². The van der Waals surface area contributed by atoms with Gasteiger partial charge >= 0.3 is 0 Å². The second-order valence-electron chi connectivity index (χ2n) is 8.26. The predicted octanol–water partition coefficient (Wildman–Crippen LogP) is 4.38. The summed E-state index contributed by atoms with van der Waals surface area (Å²) in [5.74, 6) is -0.874. The molecule has 0 aliphatic heterocycles. The molecule has 178 valence electrons. The molecule has 0 aliphatic carbocycles. The highest BCUT2D eigenvalue weighted by atomic mass is 19.1. The Labute approximate surface area is 203 Å². The van der Waals surface area contributed by atoms with Gasteiger partial charge in [0.2, 0.25) is 17.8 Å². The Morgan fingerprint density at radius 3 is 2.17 bits per heavy atom. The molecular weight excluding hydrogens is 445 g/mol. The van der Waals surface area contributed by atoms with Crippen molar-refractivity contribution in [3.63, 3.8) is 0 Å². The number of hydrogen-bond donors (Lipinski definition) is 2. The van der Waals surface area contributed by atoms with Gasteiger partial charge in [0.05, 0.1) is 12.5 Å². The lowest BCUT2D eigenvalue weighted by molar-refractivity contribution is -0.126. The summed E-state index contributed by atoms with van der Waals surface area (Å²) in [5, 5.41) is 9.88. The van der Waals surface area contributed by atoms with E-state index < -0.39 is 17.9 Å². The fourth-order valence-corrected chi connectivity index (χ4v) is 3.59. The van der Waals surface area contributed by atoms with Gasteiger partial charge in [0.25, 0.3) is 0 Å². The number of anilines is 1. The van der Waals surface area contributed by atoms with Gasteiger partial charge in [0.1, 0.15) is 11.9 Å². The van der Waals surface area contributed by atoms with Gasteiger partial charge in [-0.15, -0.1) is 5.10 Å². The number of nitrogens with zero attached hydrogens (tertiary/aromatic N) is 3. The van der Waals surface area contributed by atoms with E-state index in [9.17, 15) is 14.0 Å². The van der Waals surface area contributed by atoms with Crippen molar-refractivity contribution in [2.75, 3.05) is 5.32 Å². The summed E-state index contributed by atoms with van der Waals surface area (Å²) in [6.45, 7) is 3.81. The van der Waals surface area contributed by atoms with Crippen molar-refractivity contribution in [3.8, 4) is 11.4 Å². The van der Waals surface area contributed by atoms with Crippen LogP contribution in [0.5, 0.6) is 0 Å². The third-order valence-corrected chi connectivity index (χ3v) is 5.63. The molecular formula is C27H26FN5O2. The number of hydrogen-bond acceptors (Lipinski definition) is 4. The number of amides is 2. The monoisotopic (exact) mass is 471 g/mol. The first-order chi connectivity index (χ1) is 16.9. The van der Waals surface area contributed by atoms with Crippen LogP contribution in [0.4, 0.5) is 10.3 Å². The minimum absolute atomic E-state index is 0.0995. The van der Waals surface area contributed by atoms with Gasteiger partial charge in [0, 0.05) is 5.56 Å². The van der Waals surface area contributed by atoms with Crippen LogP contribution in [-0.2, 0) is 16.1 Å². The molecule has 8 heteroatoms. The van der Waals surface area contributed by atoms with Crippen molar-refractivity contribution in [1.82, 2.24) is 20.1 Å². The first-order valence-corrected chi connectivity index (χ1v) is 11.3. The topological polar surface area (TPSA) is 88.9 Å². The molecule has 4 rings (SSSR count). The number of aromatic nitrogens is 3. The molecule has 0 saturated heterocycles. The molecule has 2 amide bonds. The zero-order valence-corrected chi connectivity index (χ0v) is 19.5. The minimum atomic E-state index is -0.802. The first-order valence-electron chi connectivity index (χ1n) is 11.3. The van der Waals surface area contributed by atoms with Crippen LogP contribution in [-0.4, -0.2) is 32.6 Å². The molecule has 0 spiro atoms. The highest BCUT2D eigenvalue weighted by molar-refractivity contribution is 5.96. The van der Waals surface area contributed by atoms with Crippen molar-refractivity contribution < 1.29 is 14.0 Å². The van der Waals surface area contributed by atoms with Gasteiger partial charge in [0.15, 0.2) is 5.82 Å². The standard InChI is InChI=1S/C27H26FN5O2/c1-18(21-11-7-4-8-12-21)25(34)29-19(2)26(35)31-27-30-24(22-13-15-23(28)16-14-22)33(32-27)17-20-9-5-3-6-10-20/h3-16,18-19H,17H2,1-2H3,(H,29,34)(H,31,32,35). The second-order valence-corrected chi connectivity index (χ2v) is 8.26. The van der Waals surface area contributed by atoms with E-state index in [1.165, 1.54) is 12.1 Å². The lowest BCUT2D eigenvalue weighted by Gasteiger charge is -2.17. The molecule has 2 unspecified atom stereocenters. The van der Waals surface area contributed by atoms with Crippen molar-refractivity contribution in [3.05, 3.63) is 102 Å². The number of benzene rings is 3. The molecule has 3 aromatic carbocycles. The normalized spacial score (nSPS) is 12.5. The van der Waals surface area contributed by atoms with Gasteiger partial charge in [-0.25, -0.2) is 9.07 Å². The van der Waals surface area contributed by atoms with E-state index >= 15 is 0 Å². The molecule has 2 N–H and O–H groups in total. The van der Waals surface area contributed by atoms with Crippen LogP contribution < -0.4 is 10.6 Å². The van der Waals surface area contributed by atoms with Crippen molar-refractivity contribution in [2.45, 2.75) is 32.4 Å². The van der Waals surface area contributed by atoms with Gasteiger partial charge < -0.3 is 5.32 Å². The molecule has 0 aliphatic rings. The summed E-state index contributed by atoms with van der Waals surface area (Å²) in [6, 6.07) is 24.2. The first kappa shape index (κ1) is 23.8. The minimum Gasteiger partial charge on any atom is -0.344 e. The van der Waals surface area contributed by atoms with E-state index in [0.717, 1.165) is 11.1 Å². The van der Waals surface area contributed by atoms with Crippen LogP contribution in [0.15, 0.2) is 84.9 Å². The van der Waals surface area contributed by atoms with Crippen LogP contribution in [0.2, 0.25) is 0 Å². The van der Waals surface area contributed by atoms with Crippen LogP contribution in [0.1, 0.15) is 30.9 Å². The van der Waals surface area contributed by atoms with Crippen LogP contribution in [0.25, 0.3) is 11.4 Å². The average molecular weight is 472 g/mol. The molecule has 0 bridgehead atoms. The van der Waals surface area contributed by atoms with Crippen molar-refractivity contribution in [1.29, 1.82) is 0 Å². The molecule has 1 heterocycles. The SMILES string of the molecule is CC(NC(=O)C(C)c1ccccc1)C(=O)Nc1nc(-c2ccc(F)cc2)n(Cc2ccccc2)n1. The van der Waals surface area contributed by atoms with E-state index in [0.29, 0.717) is 17.9 Å². The summed E-state index contributed by atoms with van der Waals surface area (Å²) in [5.41, 5.74) is 2.52. The maximum atomic E-state index is 13.5. The fraction of sp³-hybridized carbons (Fsp3) is 0.185. The summed E-state index contributed by atoms with van der Waals surface area (Å²) in [4.78, 5) is 29.9. The van der Waals surface area contributed by atoms with Gasteiger partial charge in [-0.1, -0.05) is 60.7 Å². The fourth-order valence-electron chi connectivity index (χ4n) is 3.59. The lowest BCUT2D eigenvalue weighted by atomic mass is 10.0. The van der Waals surface area contributed by atoms with Gasteiger partial charge in [-0.05, 0) is 49.2 Å². The molecule has 0 radical (unpaired) electrons. The Bertz CT molecular complexity index is 1290. The quantitative estimate of drug-likeness (QED) is 0.399. The maximum absolute atomic E-state index is 13.5. The van der Waals surface area contributed by atoms with Crippen molar-refractivity contribution >= 4 is 17.8 Å².